The third kappa shape index (κ3) is 3.13. The third-order valence-corrected chi connectivity index (χ3v) is 3.21. The molecule has 3 rings (SSSR count). The zero-order valence-electron chi connectivity index (χ0n) is 11.6. The van der Waals surface area contributed by atoms with Crippen molar-refractivity contribution in [2.24, 2.45) is 0 Å². The molecule has 7 heteroatoms. The van der Waals surface area contributed by atoms with E-state index < -0.39 is 4.92 Å². The molecule has 2 aromatic rings. The van der Waals surface area contributed by atoms with Gasteiger partial charge in [0, 0.05) is 0 Å². The van der Waals surface area contributed by atoms with E-state index in [1.807, 2.05) is 24.3 Å². The molecule has 1 fully saturated rings. The van der Waals surface area contributed by atoms with Gasteiger partial charge in [0.15, 0.2) is 0 Å². The lowest BCUT2D eigenvalue weighted by atomic mass is 10.2. The Bertz CT molecular complexity index is 647. The Morgan fingerprint density at radius 2 is 2.10 bits per heavy atom. The van der Waals surface area contributed by atoms with Crippen LogP contribution in [0.2, 0.25) is 0 Å². The normalized spacial score (nSPS) is 14.0. The summed E-state index contributed by atoms with van der Waals surface area (Å²) in [4.78, 5) is 10.6. The average molecular weight is 289 g/mol. The standard InChI is InChI=1S/C14H15N3O4/c1-20-11-4-2-10(3-5-11)8-16-9-13(17(18)19)14(15-16)21-12-6-7-12/h2-5,9,12H,6-8H2,1H3. The number of nitrogens with zero attached hydrogens (tertiary/aromatic N) is 3. The van der Waals surface area contributed by atoms with Crippen LogP contribution in [0.1, 0.15) is 18.4 Å². The van der Waals surface area contributed by atoms with Crippen LogP contribution in [0.5, 0.6) is 11.6 Å². The zero-order valence-corrected chi connectivity index (χ0v) is 11.6. The lowest BCUT2D eigenvalue weighted by Gasteiger charge is -2.03. The van der Waals surface area contributed by atoms with Crippen LogP contribution in [-0.2, 0) is 6.54 Å². The Kier molecular flexibility index (Phi) is 3.47. The third-order valence-electron chi connectivity index (χ3n) is 3.21. The molecule has 0 spiro atoms. The molecule has 0 aliphatic heterocycles. The number of ether oxygens (including phenoxy) is 2. The van der Waals surface area contributed by atoms with Crippen LogP contribution in [0.15, 0.2) is 30.5 Å². The molecule has 0 bridgehead atoms. The minimum Gasteiger partial charge on any atom is -0.497 e. The highest BCUT2D eigenvalue weighted by Crippen LogP contribution is 2.32. The second-order valence-corrected chi connectivity index (χ2v) is 4.94. The van der Waals surface area contributed by atoms with Crippen LogP contribution in [0.4, 0.5) is 5.69 Å². The molecule has 0 radical (unpaired) electrons. The molecule has 0 saturated heterocycles. The van der Waals surface area contributed by atoms with E-state index >= 15 is 0 Å². The van der Waals surface area contributed by atoms with E-state index in [1.165, 1.54) is 10.9 Å². The van der Waals surface area contributed by atoms with Crippen molar-refractivity contribution in [2.75, 3.05) is 7.11 Å². The molecule has 0 N–H and O–H groups in total. The summed E-state index contributed by atoms with van der Waals surface area (Å²) in [6.45, 7) is 0.443. The van der Waals surface area contributed by atoms with E-state index in [4.69, 9.17) is 9.47 Å². The Labute approximate surface area is 121 Å². The van der Waals surface area contributed by atoms with Gasteiger partial charge in [-0.1, -0.05) is 12.1 Å². The first kappa shape index (κ1) is 13.4. The van der Waals surface area contributed by atoms with Gasteiger partial charge >= 0.3 is 11.6 Å². The molecule has 7 nitrogen and oxygen atoms in total. The first-order valence-electron chi connectivity index (χ1n) is 6.67. The minimum absolute atomic E-state index is 0.0769. The van der Waals surface area contributed by atoms with Crippen molar-refractivity contribution in [1.29, 1.82) is 0 Å². The maximum absolute atomic E-state index is 11.0. The van der Waals surface area contributed by atoms with E-state index in [1.54, 1.807) is 7.11 Å². The van der Waals surface area contributed by atoms with Gasteiger partial charge in [0.25, 0.3) is 0 Å². The van der Waals surface area contributed by atoms with Crippen LogP contribution in [0.25, 0.3) is 0 Å². The number of benzene rings is 1. The molecule has 1 aromatic carbocycles. The minimum atomic E-state index is -0.463. The predicted molar refractivity (Wildman–Crippen MR) is 74.6 cm³/mol. The van der Waals surface area contributed by atoms with Gasteiger partial charge in [0.05, 0.1) is 18.6 Å². The van der Waals surface area contributed by atoms with Crippen molar-refractivity contribution in [3.05, 3.63) is 46.1 Å². The Morgan fingerprint density at radius 1 is 1.38 bits per heavy atom. The smallest absolute Gasteiger partial charge is 0.350 e. The lowest BCUT2D eigenvalue weighted by molar-refractivity contribution is -0.386. The molecule has 1 heterocycles. The Hall–Kier alpha value is -2.57. The number of aromatic nitrogens is 2. The van der Waals surface area contributed by atoms with Gasteiger partial charge in [-0.05, 0) is 30.5 Å². The van der Waals surface area contributed by atoms with Crippen LogP contribution in [-0.4, -0.2) is 27.9 Å². The fourth-order valence-electron chi connectivity index (χ4n) is 1.95. The van der Waals surface area contributed by atoms with Crippen LogP contribution in [0.3, 0.4) is 0 Å². The van der Waals surface area contributed by atoms with Gasteiger partial charge in [-0.3, -0.25) is 14.8 Å². The van der Waals surface area contributed by atoms with Gasteiger partial charge in [-0.25, -0.2) is 0 Å². The number of hydrogen-bond acceptors (Lipinski definition) is 5. The van der Waals surface area contributed by atoms with Gasteiger partial charge in [-0.2, -0.15) is 0 Å². The molecule has 0 atom stereocenters. The fourth-order valence-corrected chi connectivity index (χ4v) is 1.95. The molecule has 0 unspecified atom stereocenters. The van der Waals surface area contributed by atoms with Crippen molar-refractivity contribution in [1.82, 2.24) is 9.78 Å². The Morgan fingerprint density at radius 3 is 2.67 bits per heavy atom. The van der Waals surface area contributed by atoms with E-state index in [-0.39, 0.29) is 17.7 Å². The molecular formula is C14H15N3O4. The second kappa shape index (κ2) is 5.43. The summed E-state index contributed by atoms with van der Waals surface area (Å²) in [7, 11) is 1.60. The molecule has 1 aliphatic rings. The lowest BCUT2D eigenvalue weighted by Crippen LogP contribution is -2.02. The maximum Gasteiger partial charge on any atom is 0.350 e. The fraction of sp³-hybridized carbons (Fsp3) is 0.357. The highest BCUT2D eigenvalue weighted by Gasteiger charge is 2.30. The second-order valence-electron chi connectivity index (χ2n) is 4.94. The summed E-state index contributed by atoms with van der Waals surface area (Å²) in [5.74, 6) is 0.874. The monoisotopic (exact) mass is 289 g/mol. The molecule has 1 aromatic heterocycles. The van der Waals surface area contributed by atoms with Crippen LogP contribution >= 0.6 is 0 Å². The van der Waals surface area contributed by atoms with Crippen molar-refractivity contribution in [3.63, 3.8) is 0 Å². The highest BCUT2D eigenvalue weighted by atomic mass is 16.6. The van der Waals surface area contributed by atoms with E-state index in [0.29, 0.717) is 6.54 Å². The summed E-state index contributed by atoms with van der Waals surface area (Å²) in [6.07, 6.45) is 3.35. The topological polar surface area (TPSA) is 79.4 Å². The predicted octanol–water partition coefficient (Wildman–Crippen LogP) is 2.39. The van der Waals surface area contributed by atoms with Crippen molar-refractivity contribution in [3.8, 4) is 11.6 Å². The quantitative estimate of drug-likeness (QED) is 0.602. The van der Waals surface area contributed by atoms with E-state index in [9.17, 15) is 10.1 Å². The highest BCUT2D eigenvalue weighted by molar-refractivity contribution is 5.39. The van der Waals surface area contributed by atoms with E-state index in [0.717, 1.165) is 24.2 Å². The molecule has 1 saturated carbocycles. The maximum atomic E-state index is 11.0. The Balaban J connectivity index is 1.78. The average Bonchev–Trinajstić information content (AvgIpc) is 3.19. The SMILES string of the molecule is COc1ccc(Cn2cc([N+](=O)[O-])c(OC3CC3)n2)cc1. The number of nitro groups is 1. The molecule has 1 aliphatic carbocycles. The number of methoxy groups -OCH3 is 1. The summed E-state index contributed by atoms with van der Waals surface area (Å²) in [5, 5.41) is 15.2. The molecular weight excluding hydrogens is 274 g/mol. The summed E-state index contributed by atoms with van der Waals surface area (Å²) in [5.41, 5.74) is 0.890. The molecule has 110 valence electrons. The van der Waals surface area contributed by atoms with Crippen molar-refractivity contribution in [2.45, 2.75) is 25.5 Å². The van der Waals surface area contributed by atoms with Crippen molar-refractivity contribution >= 4 is 5.69 Å². The van der Waals surface area contributed by atoms with Crippen molar-refractivity contribution < 1.29 is 14.4 Å². The zero-order chi connectivity index (χ0) is 14.8. The molecule has 21 heavy (non-hydrogen) atoms. The van der Waals surface area contributed by atoms with E-state index in [2.05, 4.69) is 5.10 Å². The van der Waals surface area contributed by atoms with Gasteiger partial charge in [0.1, 0.15) is 18.1 Å². The largest absolute Gasteiger partial charge is 0.497 e. The van der Waals surface area contributed by atoms with Gasteiger partial charge < -0.3 is 9.47 Å². The van der Waals surface area contributed by atoms with Crippen LogP contribution in [0, 0.1) is 10.1 Å². The first-order valence-corrected chi connectivity index (χ1v) is 6.67. The number of hydrogen-bond donors (Lipinski definition) is 0. The van der Waals surface area contributed by atoms with Gasteiger partial charge in [0.2, 0.25) is 0 Å². The number of rotatable bonds is 6. The van der Waals surface area contributed by atoms with Crippen LogP contribution < -0.4 is 9.47 Å². The van der Waals surface area contributed by atoms with Gasteiger partial charge in [-0.15, -0.1) is 5.10 Å². The summed E-state index contributed by atoms with van der Waals surface area (Å²) < 4.78 is 12.1. The summed E-state index contributed by atoms with van der Waals surface area (Å²) >= 11 is 0. The summed E-state index contributed by atoms with van der Waals surface area (Å²) in [6, 6.07) is 7.48. The first-order chi connectivity index (χ1) is 10.2. The molecule has 0 amide bonds.